The van der Waals surface area contributed by atoms with E-state index in [2.05, 4.69) is 13.0 Å². The first-order valence-electron chi connectivity index (χ1n) is 4.60. The van der Waals surface area contributed by atoms with E-state index in [4.69, 9.17) is 0 Å². The van der Waals surface area contributed by atoms with Gasteiger partial charge in [0, 0.05) is 0 Å². The zero-order chi connectivity index (χ0) is 9.19. The zero-order valence-electron chi connectivity index (χ0n) is 8.22. The van der Waals surface area contributed by atoms with E-state index in [9.17, 15) is 5.11 Å². The number of allylic oxidation sites excluding steroid dienone is 3. The Kier molecular flexibility index (Phi) is 2.73. The van der Waals surface area contributed by atoms with Crippen molar-refractivity contribution < 1.29 is 5.11 Å². The van der Waals surface area contributed by atoms with Crippen LogP contribution in [0.1, 0.15) is 40.0 Å². The molecule has 1 atom stereocenters. The number of hydrogen-bond donors (Lipinski definition) is 1. The lowest BCUT2D eigenvalue weighted by Gasteiger charge is -2.20. The van der Waals surface area contributed by atoms with E-state index < -0.39 is 5.60 Å². The Morgan fingerprint density at radius 2 is 2.25 bits per heavy atom. The van der Waals surface area contributed by atoms with Crippen molar-refractivity contribution in [2.75, 3.05) is 0 Å². The van der Waals surface area contributed by atoms with Crippen LogP contribution in [-0.4, -0.2) is 10.7 Å². The highest BCUT2D eigenvalue weighted by atomic mass is 16.3. The second-order valence-electron chi connectivity index (χ2n) is 3.81. The quantitative estimate of drug-likeness (QED) is 0.625. The van der Waals surface area contributed by atoms with Crippen LogP contribution in [0.3, 0.4) is 0 Å². The summed E-state index contributed by atoms with van der Waals surface area (Å²) in [6.45, 7) is 6.06. The third-order valence-corrected chi connectivity index (χ3v) is 2.71. The first kappa shape index (κ1) is 9.53. The number of rotatable bonds is 2. The van der Waals surface area contributed by atoms with E-state index in [1.54, 1.807) is 0 Å². The van der Waals surface area contributed by atoms with E-state index in [1.807, 2.05) is 19.9 Å². The third-order valence-electron chi connectivity index (χ3n) is 2.71. The van der Waals surface area contributed by atoms with Crippen LogP contribution in [0.15, 0.2) is 23.3 Å². The molecule has 1 unspecified atom stereocenters. The Hall–Kier alpha value is -0.560. The highest BCUT2D eigenvalue weighted by molar-refractivity contribution is 5.29. The van der Waals surface area contributed by atoms with E-state index in [0.29, 0.717) is 0 Å². The lowest BCUT2D eigenvalue weighted by Crippen LogP contribution is -2.22. The molecule has 0 aromatic rings. The molecule has 12 heavy (non-hydrogen) atoms. The van der Waals surface area contributed by atoms with E-state index in [0.717, 1.165) is 19.3 Å². The standard InChI is InChI=1S/C11H18O/c1-4-5-6-10-9(2)7-8-11(10,3)12/h4-5,12H,6-8H2,1-3H3. The molecule has 0 saturated heterocycles. The number of aliphatic hydroxyl groups is 1. The Morgan fingerprint density at radius 3 is 2.67 bits per heavy atom. The fraction of sp³-hybridized carbons (Fsp3) is 0.636. The van der Waals surface area contributed by atoms with Gasteiger partial charge in [-0.1, -0.05) is 17.7 Å². The molecular weight excluding hydrogens is 148 g/mol. The molecule has 0 radical (unpaired) electrons. The van der Waals surface area contributed by atoms with Crippen LogP contribution in [0.5, 0.6) is 0 Å². The van der Waals surface area contributed by atoms with Crippen molar-refractivity contribution >= 4 is 0 Å². The average molecular weight is 166 g/mol. The summed E-state index contributed by atoms with van der Waals surface area (Å²) in [5.74, 6) is 0. The van der Waals surface area contributed by atoms with Gasteiger partial charge < -0.3 is 5.11 Å². The van der Waals surface area contributed by atoms with Gasteiger partial charge in [0.2, 0.25) is 0 Å². The predicted octanol–water partition coefficient (Wildman–Crippen LogP) is 2.81. The fourth-order valence-electron chi connectivity index (χ4n) is 1.82. The smallest absolute Gasteiger partial charge is 0.0837 e. The lowest BCUT2D eigenvalue weighted by molar-refractivity contribution is 0.0979. The molecule has 0 amide bonds. The maximum Gasteiger partial charge on any atom is 0.0837 e. The van der Waals surface area contributed by atoms with Gasteiger partial charge in [0.15, 0.2) is 0 Å². The molecular formula is C11H18O. The Balaban J connectivity index is 2.76. The molecule has 0 aromatic heterocycles. The van der Waals surface area contributed by atoms with Crippen molar-refractivity contribution in [1.29, 1.82) is 0 Å². The summed E-state index contributed by atoms with van der Waals surface area (Å²) in [5.41, 5.74) is 2.06. The number of hydrogen-bond acceptors (Lipinski definition) is 1. The molecule has 1 aliphatic carbocycles. The minimum Gasteiger partial charge on any atom is -0.386 e. The summed E-state index contributed by atoms with van der Waals surface area (Å²) in [6, 6.07) is 0. The zero-order valence-corrected chi connectivity index (χ0v) is 8.22. The maximum absolute atomic E-state index is 9.96. The molecule has 0 bridgehead atoms. The van der Waals surface area contributed by atoms with Crippen LogP contribution in [-0.2, 0) is 0 Å². The van der Waals surface area contributed by atoms with Crippen LogP contribution >= 0.6 is 0 Å². The molecule has 68 valence electrons. The fourth-order valence-corrected chi connectivity index (χ4v) is 1.82. The van der Waals surface area contributed by atoms with Crippen molar-refractivity contribution in [3.8, 4) is 0 Å². The topological polar surface area (TPSA) is 20.2 Å². The van der Waals surface area contributed by atoms with Crippen LogP contribution in [0.4, 0.5) is 0 Å². The summed E-state index contributed by atoms with van der Waals surface area (Å²) in [4.78, 5) is 0. The van der Waals surface area contributed by atoms with Gasteiger partial charge in [0.25, 0.3) is 0 Å². The van der Waals surface area contributed by atoms with Gasteiger partial charge in [-0.3, -0.25) is 0 Å². The van der Waals surface area contributed by atoms with Crippen molar-refractivity contribution in [2.45, 2.75) is 45.6 Å². The summed E-state index contributed by atoms with van der Waals surface area (Å²) < 4.78 is 0. The molecule has 0 aromatic carbocycles. The van der Waals surface area contributed by atoms with Crippen LogP contribution in [0.25, 0.3) is 0 Å². The molecule has 0 saturated carbocycles. The minimum absolute atomic E-state index is 0.538. The molecule has 0 fully saturated rings. The van der Waals surface area contributed by atoms with E-state index >= 15 is 0 Å². The lowest BCUT2D eigenvalue weighted by atomic mass is 9.95. The van der Waals surface area contributed by atoms with Crippen molar-refractivity contribution in [2.24, 2.45) is 0 Å². The van der Waals surface area contributed by atoms with Gasteiger partial charge in [0.05, 0.1) is 5.60 Å². The SMILES string of the molecule is CC=CCC1=C(C)CCC1(C)O. The Morgan fingerprint density at radius 1 is 1.58 bits per heavy atom. The largest absolute Gasteiger partial charge is 0.386 e. The van der Waals surface area contributed by atoms with Gasteiger partial charge in [-0.2, -0.15) is 0 Å². The van der Waals surface area contributed by atoms with E-state index in [-0.39, 0.29) is 0 Å². The first-order valence-corrected chi connectivity index (χ1v) is 4.60. The average Bonchev–Trinajstić information content (AvgIpc) is 2.24. The minimum atomic E-state index is -0.538. The van der Waals surface area contributed by atoms with Crippen LogP contribution in [0, 0.1) is 0 Å². The Bertz CT molecular complexity index is 221. The second kappa shape index (κ2) is 3.44. The third kappa shape index (κ3) is 1.78. The van der Waals surface area contributed by atoms with Crippen molar-refractivity contribution in [3.05, 3.63) is 23.3 Å². The van der Waals surface area contributed by atoms with Crippen LogP contribution < -0.4 is 0 Å². The molecule has 0 aliphatic heterocycles. The van der Waals surface area contributed by atoms with Crippen molar-refractivity contribution in [3.63, 3.8) is 0 Å². The molecule has 0 heterocycles. The summed E-state index contributed by atoms with van der Waals surface area (Å²) in [6.07, 6.45) is 7.01. The summed E-state index contributed by atoms with van der Waals surface area (Å²) in [5, 5.41) is 9.96. The summed E-state index contributed by atoms with van der Waals surface area (Å²) in [7, 11) is 0. The monoisotopic (exact) mass is 166 g/mol. The molecule has 1 rings (SSSR count). The molecule has 1 N–H and O–H groups in total. The van der Waals surface area contributed by atoms with Crippen LogP contribution in [0.2, 0.25) is 0 Å². The second-order valence-corrected chi connectivity index (χ2v) is 3.81. The molecule has 0 spiro atoms. The van der Waals surface area contributed by atoms with Gasteiger partial charge in [-0.15, -0.1) is 0 Å². The van der Waals surface area contributed by atoms with Gasteiger partial charge in [-0.25, -0.2) is 0 Å². The molecule has 1 heteroatoms. The highest BCUT2D eigenvalue weighted by Crippen LogP contribution is 2.37. The van der Waals surface area contributed by atoms with E-state index in [1.165, 1.54) is 11.1 Å². The molecule has 1 nitrogen and oxygen atoms in total. The van der Waals surface area contributed by atoms with Gasteiger partial charge in [0.1, 0.15) is 0 Å². The summed E-state index contributed by atoms with van der Waals surface area (Å²) >= 11 is 0. The molecule has 1 aliphatic rings. The van der Waals surface area contributed by atoms with Gasteiger partial charge >= 0.3 is 0 Å². The van der Waals surface area contributed by atoms with Crippen molar-refractivity contribution in [1.82, 2.24) is 0 Å². The first-order chi connectivity index (χ1) is 5.58. The highest BCUT2D eigenvalue weighted by Gasteiger charge is 2.31. The van der Waals surface area contributed by atoms with Gasteiger partial charge in [-0.05, 0) is 45.6 Å². The predicted molar refractivity (Wildman–Crippen MR) is 52.0 cm³/mol. The Labute approximate surface area is 74.8 Å². The normalized spacial score (nSPS) is 30.7. The maximum atomic E-state index is 9.96.